The number of nitrogens with one attached hydrogen (secondary N) is 1. The third-order valence-electron chi connectivity index (χ3n) is 2.84. The number of aromatic nitrogens is 3. The van der Waals surface area contributed by atoms with E-state index in [2.05, 4.69) is 29.2 Å². The summed E-state index contributed by atoms with van der Waals surface area (Å²) in [7, 11) is 0. The summed E-state index contributed by atoms with van der Waals surface area (Å²) < 4.78 is 2.03. The van der Waals surface area contributed by atoms with E-state index in [-0.39, 0.29) is 0 Å². The van der Waals surface area contributed by atoms with Gasteiger partial charge in [0.2, 0.25) is 4.96 Å². The normalized spacial score (nSPS) is 15.9. The molecule has 2 aromatic rings. The molecule has 16 heavy (non-hydrogen) atoms. The second kappa shape index (κ2) is 3.82. The van der Waals surface area contributed by atoms with Crippen molar-refractivity contribution < 1.29 is 0 Å². The lowest BCUT2D eigenvalue weighted by atomic mass is 10.1. The van der Waals surface area contributed by atoms with E-state index >= 15 is 0 Å². The summed E-state index contributed by atoms with van der Waals surface area (Å²) in [5.74, 6) is 0.657. The van der Waals surface area contributed by atoms with Crippen LogP contribution in [0.3, 0.4) is 0 Å². The highest BCUT2D eigenvalue weighted by Gasteiger charge is 2.18. The molecule has 0 radical (unpaired) electrons. The van der Waals surface area contributed by atoms with E-state index in [1.54, 1.807) is 11.3 Å². The van der Waals surface area contributed by atoms with E-state index in [9.17, 15) is 0 Å². The minimum Gasteiger partial charge on any atom is -0.311 e. The molecule has 5 heteroatoms. The molecule has 2 aromatic heterocycles. The smallest absolute Gasteiger partial charge is 0.212 e. The van der Waals surface area contributed by atoms with Gasteiger partial charge in [0.05, 0.1) is 11.4 Å². The zero-order valence-electron chi connectivity index (χ0n) is 9.66. The van der Waals surface area contributed by atoms with Crippen LogP contribution in [-0.2, 0) is 19.4 Å². The molecule has 0 aliphatic carbocycles. The SMILES string of the molecule is CC(C)Cc1nn2c3c(nc2s1)CCNC3. The molecule has 0 bridgehead atoms. The molecule has 86 valence electrons. The van der Waals surface area contributed by atoms with Gasteiger partial charge < -0.3 is 5.32 Å². The molecule has 3 heterocycles. The Labute approximate surface area is 98.7 Å². The number of hydrogen-bond donors (Lipinski definition) is 1. The maximum atomic E-state index is 4.66. The van der Waals surface area contributed by atoms with Crippen LogP contribution in [0, 0.1) is 5.92 Å². The zero-order valence-corrected chi connectivity index (χ0v) is 10.5. The highest BCUT2D eigenvalue weighted by molar-refractivity contribution is 7.16. The van der Waals surface area contributed by atoms with Gasteiger partial charge in [-0.2, -0.15) is 5.10 Å². The first kappa shape index (κ1) is 10.2. The third-order valence-corrected chi connectivity index (χ3v) is 3.77. The van der Waals surface area contributed by atoms with Gasteiger partial charge in [0.1, 0.15) is 5.01 Å². The van der Waals surface area contributed by atoms with Crippen molar-refractivity contribution in [3.8, 4) is 0 Å². The van der Waals surface area contributed by atoms with Crippen molar-refractivity contribution in [1.82, 2.24) is 19.9 Å². The predicted molar refractivity (Wildman–Crippen MR) is 64.8 cm³/mol. The summed E-state index contributed by atoms with van der Waals surface area (Å²) in [4.78, 5) is 5.72. The molecule has 1 aliphatic rings. The standard InChI is InChI=1S/C11H16N4S/c1-7(2)5-10-14-15-9-6-12-4-3-8(9)13-11(15)16-10/h7,12H,3-6H2,1-2H3. The molecule has 0 unspecified atom stereocenters. The molecule has 0 saturated heterocycles. The van der Waals surface area contributed by atoms with Gasteiger partial charge in [-0.1, -0.05) is 25.2 Å². The van der Waals surface area contributed by atoms with Crippen molar-refractivity contribution in [2.45, 2.75) is 33.2 Å². The summed E-state index contributed by atoms with van der Waals surface area (Å²) in [6, 6.07) is 0. The molecule has 0 fully saturated rings. The van der Waals surface area contributed by atoms with Crippen LogP contribution in [0.5, 0.6) is 0 Å². The fourth-order valence-corrected chi connectivity index (χ4v) is 3.24. The maximum Gasteiger partial charge on any atom is 0.212 e. The van der Waals surface area contributed by atoms with Gasteiger partial charge in [-0.3, -0.25) is 0 Å². The van der Waals surface area contributed by atoms with Crippen LogP contribution >= 0.6 is 11.3 Å². The Bertz CT molecular complexity index is 511. The minimum atomic E-state index is 0.657. The number of rotatable bonds is 2. The van der Waals surface area contributed by atoms with Crippen molar-refractivity contribution in [2.75, 3.05) is 6.54 Å². The van der Waals surface area contributed by atoms with Gasteiger partial charge >= 0.3 is 0 Å². The summed E-state index contributed by atoms with van der Waals surface area (Å²) in [5.41, 5.74) is 2.49. The van der Waals surface area contributed by atoms with Crippen LogP contribution in [0.2, 0.25) is 0 Å². The second-order valence-corrected chi connectivity index (χ2v) is 5.76. The lowest BCUT2D eigenvalue weighted by Crippen LogP contribution is -2.24. The van der Waals surface area contributed by atoms with Gasteiger partial charge in [-0.15, -0.1) is 0 Å². The molecule has 0 amide bonds. The van der Waals surface area contributed by atoms with Gasteiger partial charge in [-0.25, -0.2) is 9.50 Å². The Balaban J connectivity index is 2.03. The van der Waals surface area contributed by atoms with Crippen molar-refractivity contribution >= 4 is 16.3 Å². The Morgan fingerprint density at radius 1 is 1.50 bits per heavy atom. The van der Waals surface area contributed by atoms with Crippen LogP contribution in [0.15, 0.2) is 0 Å². The zero-order chi connectivity index (χ0) is 11.1. The van der Waals surface area contributed by atoms with E-state index < -0.39 is 0 Å². The van der Waals surface area contributed by atoms with Crippen molar-refractivity contribution in [3.05, 3.63) is 16.4 Å². The molecular formula is C11H16N4S. The molecule has 4 nitrogen and oxygen atoms in total. The Morgan fingerprint density at radius 2 is 2.38 bits per heavy atom. The molecule has 0 saturated carbocycles. The van der Waals surface area contributed by atoms with Crippen LogP contribution in [0.25, 0.3) is 4.96 Å². The van der Waals surface area contributed by atoms with E-state index in [4.69, 9.17) is 0 Å². The first-order chi connectivity index (χ1) is 7.74. The summed E-state index contributed by atoms with van der Waals surface area (Å²) in [6.45, 7) is 6.39. The van der Waals surface area contributed by atoms with E-state index in [0.717, 1.165) is 30.9 Å². The first-order valence-electron chi connectivity index (χ1n) is 5.81. The van der Waals surface area contributed by atoms with Crippen LogP contribution in [0.1, 0.15) is 30.2 Å². The van der Waals surface area contributed by atoms with Crippen LogP contribution in [0.4, 0.5) is 0 Å². The molecule has 1 N–H and O–H groups in total. The number of nitrogens with zero attached hydrogens (tertiary/aromatic N) is 3. The number of imidazole rings is 1. The van der Waals surface area contributed by atoms with Crippen molar-refractivity contribution in [2.24, 2.45) is 5.92 Å². The molecular weight excluding hydrogens is 220 g/mol. The minimum absolute atomic E-state index is 0.657. The molecule has 0 spiro atoms. The average molecular weight is 236 g/mol. The van der Waals surface area contributed by atoms with Crippen LogP contribution < -0.4 is 5.32 Å². The van der Waals surface area contributed by atoms with E-state index in [1.807, 2.05) is 4.52 Å². The third kappa shape index (κ3) is 1.64. The monoisotopic (exact) mass is 236 g/mol. The topological polar surface area (TPSA) is 42.2 Å². The highest BCUT2D eigenvalue weighted by Crippen LogP contribution is 2.22. The van der Waals surface area contributed by atoms with Gasteiger partial charge in [0.25, 0.3) is 0 Å². The predicted octanol–water partition coefficient (Wildman–Crippen LogP) is 1.64. The molecule has 0 atom stereocenters. The Kier molecular flexibility index (Phi) is 2.44. The van der Waals surface area contributed by atoms with E-state index in [0.29, 0.717) is 5.92 Å². The average Bonchev–Trinajstić information content (AvgIpc) is 2.73. The second-order valence-electron chi connectivity index (χ2n) is 4.72. The Hall–Kier alpha value is -0.940. The fraction of sp³-hybridized carbons (Fsp3) is 0.636. The van der Waals surface area contributed by atoms with Crippen molar-refractivity contribution in [3.63, 3.8) is 0 Å². The maximum absolute atomic E-state index is 4.66. The molecule has 1 aliphatic heterocycles. The summed E-state index contributed by atoms with van der Waals surface area (Å²) in [6.07, 6.45) is 2.08. The Morgan fingerprint density at radius 3 is 3.19 bits per heavy atom. The van der Waals surface area contributed by atoms with Gasteiger partial charge in [0.15, 0.2) is 0 Å². The summed E-state index contributed by atoms with van der Waals surface area (Å²) >= 11 is 1.73. The largest absolute Gasteiger partial charge is 0.311 e. The lowest BCUT2D eigenvalue weighted by Gasteiger charge is -2.10. The number of fused-ring (bicyclic) bond motifs is 3. The molecule has 0 aromatic carbocycles. The quantitative estimate of drug-likeness (QED) is 0.862. The number of hydrogen-bond acceptors (Lipinski definition) is 4. The first-order valence-corrected chi connectivity index (χ1v) is 6.62. The van der Waals surface area contributed by atoms with Gasteiger partial charge in [0, 0.05) is 25.9 Å². The van der Waals surface area contributed by atoms with E-state index in [1.165, 1.54) is 16.4 Å². The fourth-order valence-electron chi connectivity index (χ4n) is 2.09. The molecule has 3 rings (SSSR count). The summed E-state index contributed by atoms with van der Waals surface area (Å²) in [5, 5.41) is 9.23. The van der Waals surface area contributed by atoms with Crippen molar-refractivity contribution in [1.29, 1.82) is 0 Å². The van der Waals surface area contributed by atoms with Crippen LogP contribution in [-0.4, -0.2) is 21.1 Å². The lowest BCUT2D eigenvalue weighted by molar-refractivity contribution is 0.602. The highest BCUT2D eigenvalue weighted by atomic mass is 32.1. The van der Waals surface area contributed by atoms with Gasteiger partial charge in [-0.05, 0) is 5.92 Å².